The molecule has 0 fully saturated rings. The molecule has 1 aromatic heterocycles. The van der Waals surface area contributed by atoms with Gasteiger partial charge in [0.1, 0.15) is 0 Å². The van der Waals surface area contributed by atoms with Gasteiger partial charge in [-0.25, -0.2) is 0 Å². The van der Waals surface area contributed by atoms with Crippen molar-refractivity contribution in [2.75, 3.05) is 46.4 Å². The SMILES string of the molecule is CCNC(=NCC(c1ccsc1)N(CC)CC)NCCOC. The number of methoxy groups -OCH3 is 1. The maximum absolute atomic E-state index is 5.08. The summed E-state index contributed by atoms with van der Waals surface area (Å²) in [5.41, 5.74) is 1.35. The zero-order valence-corrected chi connectivity index (χ0v) is 15.1. The maximum atomic E-state index is 5.08. The van der Waals surface area contributed by atoms with E-state index in [1.165, 1.54) is 5.56 Å². The van der Waals surface area contributed by atoms with Gasteiger partial charge in [-0.05, 0) is 42.4 Å². The summed E-state index contributed by atoms with van der Waals surface area (Å²) in [4.78, 5) is 7.21. The van der Waals surface area contributed by atoms with Crippen LogP contribution in [0.4, 0.5) is 0 Å². The number of hydrogen-bond donors (Lipinski definition) is 2. The third-order valence-electron chi connectivity index (χ3n) is 3.55. The van der Waals surface area contributed by atoms with Gasteiger partial charge in [0.15, 0.2) is 5.96 Å². The highest BCUT2D eigenvalue weighted by Gasteiger charge is 2.18. The van der Waals surface area contributed by atoms with Crippen molar-refractivity contribution in [2.24, 2.45) is 4.99 Å². The van der Waals surface area contributed by atoms with E-state index >= 15 is 0 Å². The first-order valence-electron chi connectivity index (χ1n) is 8.03. The van der Waals surface area contributed by atoms with Gasteiger partial charge < -0.3 is 15.4 Å². The Hall–Kier alpha value is -1.11. The monoisotopic (exact) mass is 326 g/mol. The Bertz CT molecular complexity index is 404. The summed E-state index contributed by atoms with van der Waals surface area (Å²) in [6, 6.07) is 2.54. The van der Waals surface area contributed by atoms with Gasteiger partial charge in [-0.3, -0.25) is 9.89 Å². The van der Waals surface area contributed by atoms with Crippen LogP contribution in [0.2, 0.25) is 0 Å². The van der Waals surface area contributed by atoms with E-state index in [4.69, 9.17) is 9.73 Å². The quantitative estimate of drug-likeness (QED) is 0.394. The molecule has 0 amide bonds. The van der Waals surface area contributed by atoms with Gasteiger partial charge in [-0.15, -0.1) is 0 Å². The minimum absolute atomic E-state index is 0.333. The molecular formula is C16H30N4OS. The molecule has 1 atom stereocenters. The van der Waals surface area contributed by atoms with Crippen molar-refractivity contribution >= 4 is 17.3 Å². The highest BCUT2D eigenvalue weighted by molar-refractivity contribution is 7.07. The zero-order valence-electron chi connectivity index (χ0n) is 14.3. The second-order valence-electron chi connectivity index (χ2n) is 4.93. The van der Waals surface area contributed by atoms with Crippen LogP contribution in [0.15, 0.2) is 21.8 Å². The predicted molar refractivity (Wildman–Crippen MR) is 95.8 cm³/mol. The molecule has 0 spiro atoms. The molecule has 2 N–H and O–H groups in total. The largest absolute Gasteiger partial charge is 0.383 e. The average molecular weight is 327 g/mol. The molecule has 0 radical (unpaired) electrons. The van der Waals surface area contributed by atoms with Crippen LogP contribution in [0, 0.1) is 0 Å². The van der Waals surface area contributed by atoms with Crippen molar-refractivity contribution in [2.45, 2.75) is 26.8 Å². The molecule has 126 valence electrons. The predicted octanol–water partition coefficient (Wildman–Crippen LogP) is 2.33. The fourth-order valence-electron chi connectivity index (χ4n) is 2.35. The van der Waals surface area contributed by atoms with Crippen LogP contribution in [-0.4, -0.2) is 57.3 Å². The molecule has 1 heterocycles. The second kappa shape index (κ2) is 11.5. The summed E-state index contributed by atoms with van der Waals surface area (Å²) < 4.78 is 5.08. The van der Waals surface area contributed by atoms with Crippen LogP contribution in [0.25, 0.3) is 0 Å². The highest BCUT2D eigenvalue weighted by atomic mass is 32.1. The number of thiophene rings is 1. The Kier molecular flexibility index (Phi) is 9.86. The van der Waals surface area contributed by atoms with Crippen LogP contribution in [0.1, 0.15) is 32.4 Å². The van der Waals surface area contributed by atoms with Crippen molar-refractivity contribution < 1.29 is 4.74 Å². The van der Waals surface area contributed by atoms with Gasteiger partial charge in [0, 0.05) is 20.2 Å². The van der Waals surface area contributed by atoms with Gasteiger partial charge in [-0.1, -0.05) is 13.8 Å². The van der Waals surface area contributed by atoms with E-state index in [2.05, 4.69) is 53.1 Å². The summed E-state index contributed by atoms with van der Waals surface area (Å²) in [5, 5.41) is 10.9. The number of hydrogen-bond acceptors (Lipinski definition) is 4. The summed E-state index contributed by atoms with van der Waals surface area (Å²) >= 11 is 1.74. The summed E-state index contributed by atoms with van der Waals surface area (Å²) in [6.07, 6.45) is 0. The Morgan fingerprint density at radius 1 is 1.32 bits per heavy atom. The Balaban J connectivity index is 2.75. The Morgan fingerprint density at radius 2 is 2.09 bits per heavy atom. The van der Waals surface area contributed by atoms with Gasteiger partial charge in [0.25, 0.3) is 0 Å². The number of likely N-dealkylation sites (N-methyl/N-ethyl adjacent to an activating group) is 1. The minimum atomic E-state index is 0.333. The lowest BCUT2D eigenvalue weighted by molar-refractivity contribution is 0.203. The van der Waals surface area contributed by atoms with E-state index in [-0.39, 0.29) is 0 Å². The number of aliphatic imine (C=N–C) groups is 1. The van der Waals surface area contributed by atoms with Crippen LogP contribution in [0.3, 0.4) is 0 Å². The lowest BCUT2D eigenvalue weighted by atomic mass is 10.1. The standard InChI is InChI=1S/C16H30N4OS/c1-5-17-16(18-9-10-21-4)19-12-15(20(6-2)7-3)14-8-11-22-13-14/h8,11,13,15H,5-7,9-10,12H2,1-4H3,(H2,17,18,19). The van der Waals surface area contributed by atoms with E-state index in [0.29, 0.717) is 12.6 Å². The minimum Gasteiger partial charge on any atom is -0.383 e. The molecule has 0 bridgehead atoms. The van der Waals surface area contributed by atoms with E-state index in [0.717, 1.165) is 38.7 Å². The number of nitrogens with zero attached hydrogens (tertiary/aromatic N) is 2. The van der Waals surface area contributed by atoms with Crippen molar-refractivity contribution in [1.29, 1.82) is 0 Å². The molecule has 1 rings (SSSR count). The highest BCUT2D eigenvalue weighted by Crippen LogP contribution is 2.23. The van der Waals surface area contributed by atoms with E-state index in [1.54, 1.807) is 18.4 Å². The molecule has 0 aliphatic carbocycles. The fraction of sp³-hybridized carbons (Fsp3) is 0.688. The molecule has 0 aromatic carbocycles. The van der Waals surface area contributed by atoms with Crippen LogP contribution >= 0.6 is 11.3 Å². The lowest BCUT2D eigenvalue weighted by Crippen LogP contribution is -2.40. The summed E-state index contributed by atoms with van der Waals surface area (Å²) in [6.45, 7) is 11.6. The molecule has 22 heavy (non-hydrogen) atoms. The van der Waals surface area contributed by atoms with Crippen LogP contribution < -0.4 is 10.6 Å². The number of ether oxygens (including phenoxy) is 1. The number of guanidine groups is 1. The average Bonchev–Trinajstić information content (AvgIpc) is 3.05. The lowest BCUT2D eigenvalue weighted by Gasteiger charge is -2.28. The summed E-state index contributed by atoms with van der Waals surface area (Å²) in [5.74, 6) is 0.854. The van der Waals surface area contributed by atoms with Gasteiger partial charge in [-0.2, -0.15) is 11.3 Å². The first-order valence-corrected chi connectivity index (χ1v) is 8.98. The first-order chi connectivity index (χ1) is 10.8. The summed E-state index contributed by atoms with van der Waals surface area (Å²) in [7, 11) is 1.71. The van der Waals surface area contributed by atoms with Gasteiger partial charge >= 0.3 is 0 Å². The maximum Gasteiger partial charge on any atom is 0.191 e. The van der Waals surface area contributed by atoms with Gasteiger partial charge in [0.2, 0.25) is 0 Å². The smallest absolute Gasteiger partial charge is 0.191 e. The normalized spacial score (nSPS) is 13.4. The van der Waals surface area contributed by atoms with E-state index in [1.807, 2.05) is 0 Å². The fourth-order valence-corrected chi connectivity index (χ4v) is 3.06. The molecule has 6 heteroatoms. The molecule has 0 saturated heterocycles. The van der Waals surface area contributed by atoms with E-state index in [9.17, 15) is 0 Å². The number of nitrogens with one attached hydrogen (secondary N) is 2. The second-order valence-corrected chi connectivity index (χ2v) is 5.71. The molecule has 0 saturated carbocycles. The topological polar surface area (TPSA) is 48.9 Å². The molecule has 1 unspecified atom stereocenters. The van der Waals surface area contributed by atoms with Crippen molar-refractivity contribution in [1.82, 2.24) is 15.5 Å². The Morgan fingerprint density at radius 3 is 2.64 bits per heavy atom. The zero-order chi connectivity index (χ0) is 16.2. The van der Waals surface area contributed by atoms with Crippen molar-refractivity contribution in [3.8, 4) is 0 Å². The Labute approximate surface area is 138 Å². The van der Waals surface area contributed by atoms with Gasteiger partial charge in [0.05, 0.1) is 19.2 Å². The third kappa shape index (κ3) is 6.34. The number of rotatable bonds is 10. The molecule has 0 aliphatic rings. The molecular weight excluding hydrogens is 296 g/mol. The van der Waals surface area contributed by atoms with Crippen molar-refractivity contribution in [3.05, 3.63) is 22.4 Å². The molecule has 0 aliphatic heterocycles. The third-order valence-corrected chi connectivity index (χ3v) is 4.25. The van der Waals surface area contributed by atoms with Crippen molar-refractivity contribution in [3.63, 3.8) is 0 Å². The molecule has 5 nitrogen and oxygen atoms in total. The molecule has 1 aromatic rings. The van der Waals surface area contributed by atoms with Crippen LogP contribution in [-0.2, 0) is 4.74 Å². The first kappa shape index (κ1) is 18.9. The van der Waals surface area contributed by atoms with E-state index < -0.39 is 0 Å². The van der Waals surface area contributed by atoms with Crippen LogP contribution in [0.5, 0.6) is 0 Å².